The SMILES string of the molecule is Cc1cnccc1CNC1CCCCC1C#N. The highest BCUT2D eigenvalue weighted by atomic mass is 14.9. The fourth-order valence-electron chi connectivity index (χ4n) is 2.47. The molecule has 1 N–H and O–H groups in total. The maximum Gasteiger partial charge on any atom is 0.0672 e. The lowest BCUT2D eigenvalue weighted by Gasteiger charge is -2.27. The van der Waals surface area contributed by atoms with Crippen molar-refractivity contribution >= 4 is 0 Å². The predicted octanol–water partition coefficient (Wildman–Crippen LogP) is 2.56. The smallest absolute Gasteiger partial charge is 0.0672 e. The van der Waals surface area contributed by atoms with Crippen LogP contribution in [0.5, 0.6) is 0 Å². The molecule has 3 nitrogen and oxygen atoms in total. The van der Waals surface area contributed by atoms with E-state index >= 15 is 0 Å². The quantitative estimate of drug-likeness (QED) is 0.866. The van der Waals surface area contributed by atoms with E-state index in [1.807, 2.05) is 18.5 Å². The van der Waals surface area contributed by atoms with Gasteiger partial charge >= 0.3 is 0 Å². The van der Waals surface area contributed by atoms with Crippen LogP contribution in [-0.2, 0) is 6.54 Å². The molecule has 2 atom stereocenters. The summed E-state index contributed by atoms with van der Waals surface area (Å²) >= 11 is 0. The van der Waals surface area contributed by atoms with Crippen molar-refractivity contribution in [3.63, 3.8) is 0 Å². The highest BCUT2D eigenvalue weighted by Gasteiger charge is 2.24. The van der Waals surface area contributed by atoms with Crippen molar-refractivity contribution in [3.05, 3.63) is 29.6 Å². The summed E-state index contributed by atoms with van der Waals surface area (Å²) in [4.78, 5) is 4.09. The van der Waals surface area contributed by atoms with Gasteiger partial charge < -0.3 is 5.32 Å². The summed E-state index contributed by atoms with van der Waals surface area (Å²) in [7, 11) is 0. The van der Waals surface area contributed by atoms with Gasteiger partial charge in [-0.3, -0.25) is 4.98 Å². The summed E-state index contributed by atoms with van der Waals surface area (Å²) < 4.78 is 0. The van der Waals surface area contributed by atoms with Gasteiger partial charge in [0.05, 0.1) is 12.0 Å². The van der Waals surface area contributed by atoms with Crippen LogP contribution in [0.15, 0.2) is 18.5 Å². The lowest BCUT2D eigenvalue weighted by molar-refractivity contribution is 0.311. The molecule has 17 heavy (non-hydrogen) atoms. The Bertz CT molecular complexity index is 408. The van der Waals surface area contributed by atoms with E-state index < -0.39 is 0 Å². The van der Waals surface area contributed by atoms with Crippen molar-refractivity contribution in [1.82, 2.24) is 10.3 Å². The van der Waals surface area contributed by atoms with Gasteiger partial charge in [0.15, 0.2) is 0 Å². The summed E-state index contributed by atoms with van der Waals surface area (Å²) in [6, 6.07) is 4.84. The Hall–Kier alpha value is -1.40. The Kier molecular flexibility index (Phi) is 4.11. The van der Waals surface area contributed by atoms with E-state index in [9.17, 15) is 0 Å². The normalized spacial score (nSPS) is 24.2. The first-order valence-electron chi connectivity index (χ1n) is 6.33. The van der Waals surface area contributed by atoms with Crippen molar-refractivity contribution < 1.29 is 0 Å². The van der Waals surface area contributed by atoms with Gasteiger partial charge in [0.25, 0.3) is 0 Å². The number of hydrogen-bond acceptors (Lipinski definition) is 3. The van der Waals surface area contributed by atoms with E-state index in [2.05, 4.69) is 23.3 Å². The molecule has 1 aromatic heterocycles. The molecule has 0 aromatic carbocycles. The average Bonchev–Trinajstić information content (AvgIpc) is 2.38. The molecule has 1 aliphatic carbocycles. The van der Waals surface area contributed by atoms with E-state index in [0.717, 1.165) is 19.4 Å². The fraction of sp³-hybridized carbons (Fsp3) is 0.571. The molecule has 90 valence electrons. The number of nitrogens with one attached hydrogen (secondary N) is 1. The molecule has 0 saturated heterocycles. The summed E-state index contributed by atoms with van der Waals surface area (Å²) in [6.45, 7) is 2.92. The van der Waals surface area contributed by atoms with E-state index in [1.54, 1.807) is 0 Å². The minimum atomic E-state index is 0.186. The van der Waals surface area contributed by atoms with Crippen LogP contribution in [0, 0.1) is 24.2 Å². The summed E-state index contributed by atoms with van der Waals surface area (Å²) in [5, 5.41) is 12.6. The van der Waals surface area contributed by atoms with Crippen LogP contribution in [0.25, 0.3) is 0 Å². The van der Waals surface area contributed by atoms with Gasteiger partial charge in [-0.25, -0.2) is 0 Å². The summed E-state index contributed by atoms with van der Waals surface area (Å²) in [6.07, 6.45) is 8.33. The number of aryl methyl sites for hydroxylation is 1. The molecule has 2 unspecified atom stereocenters. The second kappa shape index (κ2) is 5.79. The lowest BCUT2D eigenvalue weighted by Crippen LogP contribution is -2.37. The molecule has 0 spiro atoms. The molecular formula is C14H19N3. The van der Waals surface area contributed by atoms with E-state index in [-0.39, 0.29) is 5.92 Å². The number of pyridine rings is 1. The van der Waals surface area contributed by atoms with Crippen molar-refractivity contribution in [2.75, 3.05) is 0 Å². The molecule has 0 amide bonds. The number of nitrogens with zero attached hydrogens (tertiary/aromatic N) is 2. The van der Waals surface area contributed by atoms with Gasteiger partial charge in [0, 0.05) is 25.0 Å². The van der Waals surface area contributed by atoms with Gasteiger partial charge in [-0.1, -0.05) is 12.8 Å². The molecule has 0 aliphatic heterocycles. The van der Waals surface area contributed by atoms with Crippen LogP contribution in [0.3, 0.4) is 0 Å². The Labute approximate surface area is 103 Å². The van der Waals surface area contributed by atoms with Crippen LogP contribution < -0.4 is 5.32 Å². The third-order valence-electron chi connectivity index (χ3n) is 3.62. The van der Waals surface area contributed by atoms with Crippen molar-refractivity contribution in [2.24, 2.45) is 5.92 Å². The minimum absolute atomic E-state index is 0.186. The zero-order valence-electron chi connectivity index (χ0n) is 10.3. The van der Waals surface area contributed by atoms with Crippen molar-refractivity contribution in [1.29, 1.82) is 5.26 Å². The Morgan fingerprint density at radius 2 is 2.29 bits per heavy atom. The lowest BCUT2D eigenvalue weighted by atomic mass is 9.85. The van der Waals surface area contributed by atoms with Crippen LogP contribution >= 0.6 is 0 Å². The molecule has 3 heteroatoms. The molecule has 1 saturated carbocycles. The molecular weight excluding hydrogens is 210 g/mol. The van der Waals surface area contributed by atoms with E-state index in [1.165, 1.54) is 24.0 Å². The van der Waals surface area contributed by atoms with E-state index in [4.69, 9.17) is 5.26 Å². The molecule has 0 bridgehead atoms. The van der Waals surface area contributed by atoms with Gasteiger partial charge in [-0.05, 0) is 37.0 Å². The van der Waals surface area contributed by atoms with Gasteiger partial charge in [-0.2, -0.15) is 5.26 Å². The second-order valence-corrected chi connectivity index (χ2v) is 4.81. The monoisotopic (exact) mass is 229 g/mol. The first kappa shape index (κ1) is 12.1. The average molecular weight is 229 g/mol. The third kappa shape index (κ3) is 3.04. The molecule has 0 radical (unpaired) electrons. The molecule has 1 fully saturated rings. The number of rotatable bonds is 3. The maximum atomic E-state index is 9.11. The van der Waals surface area contributed by atoms with Gasteiger partial charge in [0.1, 0.15) is 0 Å². The largest absolute Gasteiger partial charge is 0.309 e. The number of hydrogen-bond donors (Lipinski definition) is 1. The molecule has 1 aromatic rings. The van der Waals surface area contributed by atoms with Crippen LogP contribution in [0.1, 0.15) is 36.8 Å². The zero-order chi connectivity index (χ0) is 12.1. The third-order valence-corrected chi connectivity index (χ3v) is 3.62. The van der Waals surface area contributed by atoms with Crippen molar-refractivity contribution in [2.45, 2.75) is 45.2 Å². The van der Waals surface area contributed by atoms with Gasteiger partial charge in [-0.15, -0.1) is 0 Å². The standard InChI is InChI=1S/C14H19N3/c1-11-9-16-7-6-13(11)10-17-14-5-3-2-4-12(14)8-15/h6-7,9,12,14,17H,2-5,10H2,1H3. The summed E-state index contributed by atoms with van der Waals surface area (Å²) in [5.74, 6) is 0.186. The van der Waals surface area contributed by atoms with Crippen molar-refractivity contribution in [3.8, 4) is 6.07 Å². The predicted molar refractivity (Wildman–Crippen MR) is 67.2 cm³/mol. The number of aromatic nitrogens is 1. The fourth-order valence-corrected chi connectivity index (χ4v) is 2.47. The van der Waals surface area contributed by atoms with Crippen LogP contribution in [0.4, 0.5) is 0 Å². The number of nitriles is 1. The molecule has 2 rings (SSSR count). The minimum Gasteiger partial charge on any atom is -0.309 e. The first-order chi connectivity index (χ1) is 8.31. The second-order valence-electron chi connectivity index (χ2n) is 4.81. The summed E-state index contributed by atoms with van der Waals surface area (Å²) in [5.41, 5.74) is 2.49. The topological polar surface area (TPSA) is 48.7 Å². The molecule has 1 heterocycles. The Balaban J connectivity index is 1.93. The zero-order valence-corrected chi connectivity index (χ0v) is 10.3. The highest BCUT2D eigenvalue weighted by Crippen LogP contribution is 2.24. The van der Waals surface area contributed by atoms with Crippen LogP contribution in [0.2, 0.25) is 0 Å². The Morgan fingerprint density at radius 3 is 3.06 bits per heavy atom. The van der Waals surface area contributed by atoms with Gasteiger partial charge in [0.2, 0.25) is 0 Å². The van der Waals surface area contributed by atoms with Crippen LogP contribution in [-0.4, -0.2) is 11.0 Å². The molecule has 1 aliphatic rings. The van der Waals surface area contributed by atoms with E-state index in [0.29, 0.717) is 6.04 Å². The maximum absolute atomic E-state index is 9.11. The highest BCUT2D eigenvalue weighted by molar-refractivity contribution is 5.21. The first-order valence-corrected chi connectivity index (χ1v) is 6.33. The Morgan fingerprint density at radius 1 is 1.47 bits per heavy atom.